The molecule has 0 fully saturated rings. The zero-order chi connectivity index (χ0) is 26.7. The molecule has 8 aromatic rings. The minimum absolute atomic E-state index is 0.296. The molecule has 2 aromatic heterocycles. The molecule has 10 rings (SSSR count). The summed E-state index contributed by atoms with van der Waals surface area (Å²) in [5, 5.41) is 14.6. The van der Waals surface area contributed by atoms with Gasteiger partial charge < -0.3 is 5.32 Å². The number of hydrogen-bond donors (Lipinski definition) is 1. The molecule has 0 amide bonds. The highest BCUT2D eigenvalue weighted by molar-refractivity contribution is 7.26. The van der Waals surface area contributed by atoms with Crippen molar-refractivity contribution in [2.24, 2.45) is 0 Å². The van der Waals surface area contributed by atoms with Gasteiger partial charge in [-0.3, -0.25) is 0 Å². The van der Waals surface area contributed by atoms with Crippen molar-refractivity contribution in [1.82, 2.24) is 0 Å². The number of hydrogen-bond acceptors (Lipinski definition) is 3. The average Bonchev–Trinajstić information content (AvgIpc) is 3.68. The standard InChI is InChI=1S/C38H23NS2/c1-2-7-23-18-36-29(16-22(23)6-1)30-19-28-27-15-24(9-12-32(27)39-33(28)20-37(30)41-36)25-11-13-34-31(17-25)38-26-8-4-3-5-21(26)10-14-35(38)40-34/h1-20,28,33,39H. The smallest absolute Gasteiger partial charge is 0.0565 e. The van der Waals surface area contributed by atoms with Crippen LogP contribution in [0.2, 0.25) is 0 Å². The molecule has 0 bridgehead atoms. The van der Waals surface area contributed by atoms with Gasteiger partial charge in [0.05, 0.1) is 6.04 Å². The van der Waals surface area contributed by atoms with Crippen LogP contribution in [0.1, 0.15) is 11.5 Å². The van der Waals surface area contributed by atoms with Crippen molar-refractivity contribution >= 4 is 92.3 Å². The van der Waals surface area contributed by atoms with Crippen LogP contribution in [-0.2, 0) is 0 Å². The Kier molecular flexibility index (Phi) is 4.38. The van der Waals surface area contributed by atoms with E-state index in [2.05, 4.69) is 127 Å². The van der Waals surface area contributed by atoms with Gasteiger partial charge in [0, 0.05) is 46.4 Å². The molecule has 2 aliphatic rings. The van der Waals surface area contributed by atoms with Gasteiger partial charge in [-0.1, -0.05) is 72.8 Å². The molecule has 0 saturated carbocycles. The Hall–Kier alpha value is -4.44. The molecule has 2 atom stereocenters. The summed E-state index contributed by atoms with van der Waals surface area (Å²) in [6.07, 6.45) is 4.99. The predicted molar refractivity (Wildman–Crippen MR) is 180 cm³/mol. The van der Waals surface area contributed by atoms with Crippen LogP contribution in [0.15, 0.2) is 109 Å². The van der Waals surface area contributed by atoms with Crippen LogP contribution in [0.4, 0.5) is 5.69 Å². The van der Waals surface area contributed by atoms with Gasteiger partial charge in [0.25, 0.3) is 0 Å². The first kappa shape index (κ1) is 22.3. The van der Waals surface area contributed by atoms with Crippen molar-refractivity contribution in [2.75, 3.05) is 5.32 Å². The average molecular weight is 558 g/mol. The highest BCUT2D eigenvalue weighted by Crippen LogP contribution is 2.43. The van der Waals surface area contributed by atoms with Crippen molar-refractivity contribution in [1.29, 1.82) is 0 Å². The molecule has 0 spiro atoms. The van der Waals surface area contributed by atoms with E-state index in [4.69, 9.17) is 0 Å². The van der Waals surface area contributed by atoms with E-state index in [0.29, 0.717) is 12.0 Å². The molecule has 0 saturated heterocycles. The quantitative estimate of drug-likeness (QED) is 0.212. The second-order valence-corrected chi connectivity index (χ2v) is 13.5. The van der Waals surface area contributed by atoms with Gasteiger partial charge in [0.1, 0.15) is 0 Å². The highest BCUT2D eigenvalue weighted by Gasteiger charge is 2.31. The molecule has 1 N–H and O–H groups in total. The van der Waals surface area contributed by atoms with Gasteiger partial charge in [0.15, 0.2) is 0 Å². The monoisotopic (exact) mass is 557 g/mol. The van der Waals surface area contributed by atoms with Crippen molar-refractivity contribution in [3.05, 3.63) is 125 Å². The minimum Gasteiger partial charge on any atom is -0.378 e. The van der Waals surface area contributed by atoms with Crippen LogP contribution in [0.25, 0.3) is 75.1 Å². The van der Waals surface area contributed by atoms with E-state index in [9.17, 15) is 0 Å². The molecule has 192 valence electrons. The maximum absolute atomic E-state index is 3.82. The zero-order valence-electron chi connectivity index (χ0n) is 22.0. The number of rotatable bonds is 1. The second-order valence-electron chi connectivity index (χ2n) is 11.4. The molecule has 1 aliphatic carbocycles. The molecule has 6 aromatic carbocycles. The fraction of sp³-hybridized carbons (Fsp3) is 0.0526. The maximum atomic E-state index is 3.82. The Balaban J connectivity index is 1.13. The number of anilines is 1. The van der Waals surface area contributed by atoms with Crippen LogP contribution in [0.3, 0.4) is 0 Å². The third-order valence-electron chi connectivity index (χ3n) is 9.11. The summed E-state index contributed by atoms with van der Waals surface area (Å²) in [5.74, 6) is 0.330. The molecule has 2 unspecified atom stereocenters. The molecule has 1 aliphatic heterocycles. The van der Waals surface area contributed by atoms with Gasteiger partial charge in [-0.15, -0.1) is 22.7 Å². The number of fused-ring (bicyclic) bond motifs is 12. The van der Waals surface area contributed by atoms with Crippen molar-refractivity contribution in [3.63, 3.8) is 0 Å². The second kappa shape index (κ2) is 8.07. The van der Waals surface area contributed by atoms with Crippen LogP contribution in [0, 0.1) is 0 Å². The fourth-order valence-electron chi connectivity index (χ4n) is 7.14. The summed E-state index contributed by atoms with van der Waals surface area (Å²) in [4.78, 5) is 0. The Bertz CT molecular complexity index is 2530. The predicted octanol–water partition coefficient (Wildman–Crippen LogP) is 9.40. The van der Waals surface area contributed by atoms with Gasteiger partial charge in [0.2, 0.25) is 0 Å². The summed E-state index contributed by atoms with van der Waals surface area (Å²) in [6.45, 7) is 0. The van der Waals surface area contributed by atoms with E-state index < -0.39 is 0 Å². The molecular weight excluding hydrogens is 535 g/mol. The van der Waals surface area contributed by atoms with Crippen LogP contribution in [-0.4, -0.2) is 6.04 Å². The largest absolute Gasteiger partial charge is 0.378 e. The molecule has 1 nitrogen and oxygen atoms in total. The third kappa shape index (κ3) is 3.16. The first-order valence-corrected chi connectivity index (χ1v) is 15.8. The van der Waals surface area contributed by atoms with E-state index in [1.807, 2.05) is 22.7 Å². The Morgan fingerprint density at radius 2 is 1.32 bits per heavy atom. The minimum atomic E-state index is 0.296. The Morgan fingerprint density at radius 3 is 2.24 bits per heavy atom. The highest BCUT2D eigenvalue weighted by atomic mass is 32.1. The number of nitrogens with one attached hydrogen (secondary N) is 1. The zero-order valence-corrected chi connectivity index (χ0v) is 23.7. The van der Waals surface area contributed by atoms with Crippen molar-refractivity contribution in [2.45, 2.75) is 12.0 Å². The first-order valence-electron chi connectivity index (χ1n) is 14.2. The number of benzene rings is 6. The Morgan fingerprint density at radius 1 is 0.537 bits per heavy atom. The topological polar surface area (TPSA) is 12.0 Å². The molecule has 3 heterocycles. The molecule has 3 heteroatoms. The van der Waals surface area contributed by atoms with Gasteiger partial charge in [-0.05, 0) is 92.0 Å². The summed E-state index contributed by atoms with van der Waals surface area (Å²) in [7, 11) is 0. The Labute approximate surface area is 244 Å². The lowest BCUT2D eigenvalue weighted by molar-refractivity contribution is 0.875. The van der Waals surface area contributed by atoms with Gasteiger partial charge in [-0.25, -0.2) is 0 Å². The molecule has 41 heavy (non-hydrogen) atoms. The molecule has 0 radical (unpaired) electrons. The maximum Gasteiger partial charge on any atom is 0.0565 e. The number of thiophene rings is 2. The third-order valence-corrected chi connectivity index (χ3v) is 11.4. The van der Waals surface area contributed by atoms with E-state index in [1.165, 1.54) is 83.9 Å². The van der Waals surface area contributed by atoms with Crippen LogP contribution in [0.5, 0.6) is 0 Å². The lowest BCUT2D eigenvalue weighted by atomic mass is 9.89. The van der Waals surface area contributed by atoms with E-state index in [1.54, 1.807) is 0 Å². The lowest BCUT2D eigenvalue weighted by Gasteiger charge is -2.16. The van der Waals surface area contributed by atoms with E-state index in [0.717, 1.165) is 0 Å². The summed E-state index contributed by atoms with van der Waals surface area (Å²) < 4.78 is 5.47. The van der Waals surface area contributed by atoms with Crippen LogP contribution < -0.4 is 15.1 Å². The summed E-state index contributed by atoms with van der Waals surface area (Å²) in [5.41, 5.74) is 5.22. The van der Waals surface area contributed by atoms with E-state index >= 15 is 0 Å². The molecular formula is C38H23NS2. The SMILES string of the molecule is C1=c2sc3cc4ccccc4cc3c2=CC2c3cc(-c4ccc5sc6ccc7ccccc7c6c5c4)ccc3NC12. The van der Waals surface area contributed by atoms with E-state index in [-0.39, 0.29) is 0 Å². The first-order chi connectivity index (χ1) is 20.3. The van der Waals surface area contributed by atoms with Gasteiger partial charge in [-0.2, -0.15) is 0 Å². The van der Waals surface area contributed by atoms with Crippen molar-refractivity contribution < 1.29 is 0 Å². The summed E-state index contributed by atoms with van der Waals surface area (Å²) >= 11 is 3.81. The normalized spacial score (nSPS) is 17.4. The van der Waals surface area contributed by atoms with Crippen molar-refractivity contribution in [3.8, 4) is 11.1 Å². The van der Waals surface area contributed by atoms with Gasteiger partial charge >= 0.3 is 0 Å². The lowest BCUT2D eigenvalue weighted by Crippen LogP contribution is -2.31. The summed E-state index contributed by atoms with van der Waals surface area (Å²) in [6, 6.07) is 41.1. The fourth-order valence-corrected chi connectivity index (χ4v) is 9.44. The van der Waals surface area contributed by atoms with Crippen LogP contribution >= 0.6 is 22.7 Å².